The minimum atomic E-state index is -1.53. The molecule has 0 bridgehead atoms. The summed E-state index contributed by atoms with van der Waals surface area (Å²) in [6.07, 6.45) is -4.64. The van der Waals surface area contributed by atoms with Gasteiger partial charge in [-0.2, -0.15) is 0 Å². The highest BCUT2D eigenvalue weighted by Gasteiger charge is 2.50. The Hall–Kier alpha value is -1.70. The SMILES string of the molecule is CO[C@H]1O[C@@H]2COC(c3ccccc3)O[C@H]2[C@H](F)[C@@H]1N=[N+]=[N-]. The molecule has 3 rings (SSSR count). The van der Waals surface area contributed by atoms with Crippen LogP contribution in [0.1, 0.15) is 11.9 Å². The Bertz CT molecular complexity index is 554. The lowest BCUT2D eigenvalue weighted by atomic mass is 9.97. The molecule has 7 nitrogen and oxygen atoms in total. The third-order valence-corrected chi connectivity index (χ3v) is 3.78. The van der Waals surface area contributed by atoms with Gasteiger partial charge in [0.2, 0.25) is 0 Å². The van der Waals surface area contributed by atoms with Crippen LogP contribution in [0.4, 0.5) is 4.39 Å². The quantitative estimate of drug-likeness (QED) is 0.487. The summed E-state index contributed by atoms with van der Waals surface area (Å²) in [7, 11) is 1.37. The maximum absolute atomic E-state index is 14.7. The van der Waals surface area contributed by atoms with Gasteiger partial charge in [0.1, 0.15) is 24.4 Å². The molecule has 0 radical (unpaired) electrons. The van der Waals surface area contributed by atoms with Crippen molar-refractivity contribution in [3.63, 3.8) is 0 Å². The number of benzene rings is 1. The van der Waals surface area contributed by atoms with Crippen LogP contribution in [0.5, 0.6) is 0 Å². The van der Waals surface area contributed by atoms with Crippen molar-refractivity contribution in [3.05, 3.63) is 46.3 Å². The van der Waals surface area contributed by atoms with Gasteiger partial charge in [-0.15, -0.1) is 0 Å². The van der Waals surface area contributed by atoms with Crippen molar-refractivity contribution in [1.82, 2.24) is 0 Å². The molecule has 1 aromatic rings. The number of alkyl halides is 1. The monoisotopic (exact) mass is 309 g/mol. The van der Waals surface area contributed by atoms with Gasteiger partial charge in [0.05, 0.1) is 6.61 Å². The Labute approximate surface area is 126 Å². The number of rotatable bonds is 3. The lowest BCUT2D eigenvalue weighted by Gasteiger charge is -2.45. The summed E-state index contributed by atoms with van der Waals surface area (Å²) >= 11 is 0. The molecule has 2 fully saturated rings. The second-order valence-electron chi connectivity index (χ2n) is 5.10. The van der Waals surface area contributed by atoms with Crippen molar-refractivity contribution < 1.29 is 23.3 Å². The molecule has 0 N–H and O–H groups in total. The molecule has 6 atom stereocenters. The summed E-state index contributed by atoms with van der Waals surface area (Å²) < 4.78 is 36.6. The molecule has 8 heteroatoms. The molecule has 1 unspecified atom stereocenters. The van der Waals surface area contributed by atoms with Crippen LogP contribution in [0.2, 0.25) is 0 Å². The predicted octanol–water partition coefficient (Wildman–Crippen LogP) is 2.49. The molecular formula is C14H16FN3O4. The lowest BCUT2D eigenvalue weighted by Crippen LogP contribution is -2.59. The fourth-order valence-electron chi connectivity index (χ4n) is 2.70. The van der Waals surface area contributed by atoms with Gasteiger partial charge in [-0.3, -0.25) is 0 Å². The van der Waals surface area contributed by atoms with Gasteiger partial charge in [0, 0.05) is 17.6 Å². The van der Waals surface area contributed by atoms with Gasteiger partial charge in [-0.1, -0.05) is 35.4 Å². The smallest absolute Gasteiger partial charge is 0.184 e. The summed E-state index contributed by atoms with van der Waals surface area (Å²) in [5.41, 5.74) is 9.38. The third kappa shape index (κ3) is 2.79. The third-order valence-electron chi connectivity index (χ3n) is 3.78. The lowest BCUT2D eigenvalue weighted by molar-refractivity contribution is -0.331. The largest absolute Gasteiger partial charge is 0.355 e. The highest BCUT2D eigenvalue weighted by atomic mass is 19.1. The fourth-order valence-corrected chi connectivity index (χ4v) is 2.70. The molecule has 2 saturated heterocycles. The summed E-state index contributed by atoms with van der Waals surface area (Å²) in [5.74, 6) is 0. The Morgan fingerprint density at radius 1 is 1.32 bits per heavy atom. The number of azide groups is 1. The number of halogens is 1. The fraction of sp³-hybridized carbons (Fsp3) is 0.571. The molecule has 118 valence electrons. The standard InChI is InChI=1S/C14H16FN3O4/c1-19-14-11(17-18-16)10(15)12-9(21-14)7-20-13(22-12)8-5-3-2-4-6-8/h2-6,9-14H,7H2,1H3/t9-,10-,11+,12-,13?,14+/m1/s1. The van der Waals surface area contributed by atoms with Gasteiger partial charge in [-0.25, -0.2) is 4.39 Å². The summed E-state index contributed by atoms with van der Waals surface area (Å²) in [6, 6.07) is 8.16. The van der Waals surface area contributed by atoms with E-state index >= 15 is 0 Å². The first-order chi connectivity index (χ1) is 10.7. The van der Waals surface area contributed by atoms with Crippen LogP contribution in [-0.2, 0) is 18.9 Å². The molecule has 2 aliphatic heterocycles. The van der Waals surface area contributed by atoms with E-state index in [2.05, 4.69) is 10.0 Å². The molecule has 0 spiro atoms. The Morgan fingerprint density at radius 2 is 2.09 bits per heavy atom. The number of fused-ring (bicyclic) bond motifs is 1. The minimum absolute atomic E-state index is 0.174. The summed E-state index contributed by atoms with van der Waals surface area (Å²) in [4.78, 5) is 2.66. The first-order valence-electron chi connectivity index (χ1n) is 6.93. The van der Waals surface area contributed by atoms with Crippen LogP contribution in [0.15, 0.2) is 35.4 Å². The molecule has 0 amide bonds. The van der Waals surface area contributed by atoms with Crippen molar-refractivity contribution in [3.8, 4) is 0 Å². The van der Waals surface area contributed by atoms with Crippen molar-refractivity contribution in [2.75, 3.05) is 13.7 Å². The molecule has 2 heterocycles. The van der Waals surface area contributed by atoms with Gasteiger partial charge >= 0.3 is 0 Å². The van der Waals surface area contributed by atoms with Crippen LogP contribution in [0.3, 0.4) is 0 Å². The summed E-state index contributed by atoms with van der Waals surface area (Å²) in [5, 5.41) is 3.44. The molecular weight excluding hydrogens is 293 g/mol. The van der Waals surface area contributed by atoms with Crippen LogP contribution in [0.25, 0.3) is 10.4 Å². The molecule has 22 heavy (non-hydrogen) atoms. The van der Waals surface area contributed by atoms with Gasteiger partial charge in [0.15, 0.2) is 12.6 Å². The first kappa shape index (κ1) is 15.2. The van der Waals surface area contributed by atoms with E-state index in [-0.39, 0.29) is 6.61 Å². The number of hydrogen-bond acceptors (Lipinski definition) is 5. The molecule has 0 aliphatic carbocycles. The zero-order valence-corrected chi connectivity index (χ0v) is 11.9. The van der Waals surface area contributed by atoms with E-state index in [1.54, 1.807) is 0 Å². The van der Waals surface area contributed by atoms with Gasteiger partial charge in [-0.05, 0) is 5.53 Å². The number of ether oxygens (including phenoxy) is 4. The molecule has 0 saturated carbocycles. The maximum Gasteiger partial charge on any atom is 0.184 e. The second kappa shape index (κ2) is 6.60. The minimum Gasteiger partial charge on any atom is -0.355 e. The van der Waals surface area contributed by atoms with Crippen molar-refractivity contribution >= 4 is 0 Å². The zero-order valence-electron chi connectivity index (χ0n) is 11.9. The average molecular weight is 309 g/mol. The van der Waals surface area contributed by atoms with Crippen molar-refractivity contribution in [2.45, 2.75) is 37.0 Å². The van der Waals surface area contributed by atoms with Gasteiger partial charge < -0.3 is 18.9 Å². The summed E-state index contributed by atoms with van der Waals surface area (Å²) in [6.45, 7) is 0.174. The van der Waals surface area contributed by atoms with Crippen LogP contribution >= 0.6 is 0 Å². The average Bonchev–Trinajstić information content (AvgIpc) is 2.58. The van der Waals surface area contributed by atoms with E-state index in [4.69, 9.17) is 24.5 Å². The Kier molecular flexibility index (Phi) is 4.56. The second-order valence-corrected chi connectivity index (χ2v) is 5.10. The molecule has 1 aromatic carbocycles. The number of hydrogen-bond donors (Lipinski definition) is 0. The zero-order chi connectivity index (χ0) is 15.5. The van der Waals surface area contributed by atoms with Gasteiger partial charge in [0.25, 0.3) is 0 Å². The predicted molar refractivity (Wildman–Crippen MR) is 73.5 cm³/mol. The van der Waals surface area contributed by atoms with Crippen LogP contribution in [0, 0.1) is 0 Å². The first-order valence-corrected chi connectivity index (χ1v) is 6.93. The maximum atomic E-state index is 14.7. The van der Waals surface area contributed by atoms with E-state index in [1.165, 1.54) is 7.11 Å². The van der Waals surface area contributed by atoms with Crippen molar-refractivity contribution in [2.24, 2.45) is 5.11 Å². The van der Waals surface area contributed by atoms with E-state index < -0.39 is 37.0 Å². The van der Waals surface area contributed by atoms with E-state index in [9.17, 15) is 4.39 Å². The van der Waals surface area contributed by atoms with Crippen LogP contribution in [-0.4, -0.2) is 44.4 Å². The van der Waals surface area contributed by atoms with E-state index in [1.807, 2.05) is 30.3 Å². The molecule has 0 aromatic heterocycles. The number of methoxy groups -OCH3 is 1. The van der Waals surface area contributed by atoms with E-state index in [0.29, 0.717) is 0 Å². The normalized spacial score (nSPS) is 37.9. The number of nitrogens with zero attached hydrogens (tertiary/aromatic N) is 3. The molecule has 2 aliphatic rings. The highest BCUT2D eigenvalue weighted by Crippen LogP contribution is 2.36. The van der Waals surface area contributed by atoms with Crippen LogP contribution < -0.4 is 0 Å². The topological polar surface area (TPSA) is 85.7 Å². The van der Waals surface area contributed by atoms with Crippen molar-refractivity contribution in [1.29, 1.82) is 0 Å². The Morgan fingerprint density at radius 3 is 2.77 bits per heavy atom. The van der Waals surface area contributed by atoms with E-state index in [0.717, 1.165) is 5.56 Å². The highest BCUT2D eigenvalue weighted by molar-refractivity contribution is 5.16. The Balaban J connectivity index is 1.79.